The van der Waals surface area contributed by atoms with E-state index in [-0.39, 0.29) is 5.78 Å². The number of nitrogens with zero attached hydrogens (tertiary/aromatic N) is 1. The summed E-state index contributed by atoms with van der Waals surface area (Å²) in [6.45, 7) is 1.54. The predicted octanol–water partition coefficient (Wildman–Crippen LogP) is 3.49. The quantitative estimate of drug-likeness (QED) is 0.737. The number of hydrogen-bond acceptors (Lipinski definition) is 3. The van der Waals surface area contributed by atoms with Crippen molar-refractivity contribution < 1.29 is 4.79 Å². The zero-order chi connectivity index (χ0) is 11.5. The van der Waals surface area contributed by atoms with Crippen molar-refractivity contribution in [2.45, 2.75) is 6.92 Å². The predicted molar refractivity (Wildman–Crippen MR) is 64.5 cm³/mol. The number of rotatable bonds is 2. The largest absolute Gasteiger partial charge is 0.294 e. The molecule has 0 aliphatic rings. The molecule has 16 heavy (non-hydrogen) atoms. The van der Waals surface area contributed by atoms with Crippen LogP contribution in [-0.2, 0) is 0 Å². The van der Waals surface area contributed by atoms with Gasteiger partial charge in [-0.05, 0) is 53.1 Å². The van der Waals surface area contributed by atoms with Crippen LogP contribution in [0.1, 0.15) is 22.8 Å². The van der Waals surface area contributed by atoms with Gasteiger partial charge >= 0.3 is 0 Å². The highest BCUT2D eigenvalue weighted by atomic mass is 32.1. The summed E-state index contributed by atoms with van der Waals surface area (Å²) in [6.07, 6.45) is 0. The zero-order valence-corrected chi connectivity index (χ0v) is 9.54. The normalized spacial score (nSPS) is 9.75. The lowest BCUT2D eigenvalue weighted by molar-refractivity contribution is 0.101. The number of carbonyl (C=O) groups is 1. The average Bonchev–Trinajstić information content (AvgIpc) is 2.81. The number of benzene rings is 1. The maximum atomic E-state index is 11.5. The summed E-state index contributed by atoms with van der Waals surface area (Å²) in [7, 11) is 0. The minimum atomic E-state index is 0.0192. The average molecular weight is 227 g/mol. The fraction of sp³-hybridized carbons (Fsp3) is 0.0769. The van der Waals surface area contributed by atoms with E-state index in [2.05, 4.69) is 6.07 Å². The third kappa shape index (κ3) is 1.88. The van der Waals surface area contributed by atoms with Gasteiger partial charge in [-0.25, -0.2) is 0 Å². The van der Waals surface area contributed by atoms with Crippen molar-refractivity contribution in [2.24, 2.45) is 0 Å². The summed E-state index contributed by atoms with van der Waals surface area (Å²) >= 11 is 1.57. The molecule has 0 amide bonds. The summed E-state index contributed by atoms with van der Waals surface area (Å²) in [5, 5.41) is 12.8. The topological polar surface area (TPSA) is 40.9 Å². The fourth-order valence-corrected chi connectivity index (χ4v) is 2.23. The molecule has 0 saturated carbocycles. The molecular weight excluding hydrogens is 218 g/mol. The van der Waals surface area contributed by atoms with Gasteiger partial charge in [-0.1, -0.05) is 0 Å². The molecule has 2 rings (SSSR count). The summed E-state index contributed by atoms with van der Waals surface area (Å²) in [5.41, 5.74) is 3.07. The maximum absolute atomic E-state index is 11.5. The second-order valence-corrected chi connectivity index (χ2v) is 4.22. The van der Waals surface area contributed by atoms with Crippen molar-refractivity contribution in [1.82, 2.24) is 0 Å². The molecule has 0 N–H and O–H groups in total. The highest BCUT2D eigenvalue weighted by Crippen LogP contribution is 2.27. The van der Waals surface area contributed by atoms with Crippen LogP contribution in [0.4, 0.5) is 0 Å². The van der Waals surface area contributed by atoms with E-state index in [1.165, 1.54) is 6.92 Å². The number of thiophene rings is 1. The van der Waals surface area contributed by atoms with Gasteiger partial charge in [-0.3, -0.25) is 4.79 Å². The summed E-state index contributed by atoms with van der Waals surface area (Å²) in [6, 6.07) is 9.19. The van der Waals surface area contributed by atoms with Crippen molar-refractivity contribution in [3.63, 3.8) is 0 Å². The Morgan fingerprint density at radius 2 is 2.19 bits per heavy atom. The zero-order valence-electron chi connectivity index (χ0n) is 8.73. The van der Waals surface area contributed by atoms with E-state index in [9.17, 15) is 4.79 Å². The van der Waals surface area contributed by atoms with Gasteiger partial charge in [0, 0.05) is 5.56 Å². The molecule has 3 heteroatoms. The van der Waals surface area contributed by atoms with E-state index in [1.54, 1.807) is 29.5 Å². The van der Waals surface area contributed by atoms with Gasteiger partial charge in [0.2, 0.25) is 0 Å². The minimum absolute atomic E-state index is 0.0192. The molecule has 0 radical (unpaired) electrons. The fourth-order valence-electron chi connectivity index (χ4n) is 1.58. The van der Waals surface area contributed by atoms with Crippen LogP contribution in [-0.4, -0.2) is 5.78 Å². The number of hydrogen-bond donors (Lipinski definition) is 0. The van der Waals surface area contributed by atoms with Crippen LogP contribution in [0.15, 0.2) is 35.0 Å². The van der Waals surface area contributed by atoms with Gasteiger partial charge in [-0.2, -0.15) is 16.6 Å². The Labute approximate surface area is 97.8 Å². The van der Waals surface area contributed by atoms with Gasteiger partial charge in [0.25, 0.3) is 0 Å². The van der Waals surface area contributed by atoms with Crippen LogP contribution in [0.3, 0.4) is 0 Å². The Kier molecular flexibility index (Phi) is 2.84. The molecule has 1 heterocycles. The van der Waals surface area contributed by atoms with Crippen LogP contribution >= 0.6 is 11.3 Å². The van der Waals surface area contributed by atoms with Gasteiger partial charge in [0.1, 0.15) is 0 Å². The first-order valence-corrected chi connectivity index (χ1v) is 5.74. The number of Topliss-reactive ketones (excluding diaryl/α,β-unsaturated/α-hetero) is 1. The van der Waals surface area contributed by atoms with E-state index in [4.69, 9.17) is 5.26 Å². The summed E-state index contributed by atoms with van der Waals surface area (Å²) in [5.74, 6) is 0.0192. The van der Waals surface area contributed by atoms with E-state index >= 15 is 0 Å². The first kappa shape index (κ1) is 10.6. The highest BCUT2D eigenvalue weighted by Gasteiger charge is 2.10. The molecule has 78 valence electrons. The molecular formula is C13H9NOS. The minimum Gasteiger partial charge on any atom is -0.294 e. The Morgan fingerprint density at radius 3 is 2.75 bits per heavy atom. The van der Waals surface area contributed by atoms with Crippen LogP contribution in [0.2, 0.25) is 0 Å². The van der Waals surface area contributed by atoms with Crippen LogP contribution in [0, 0.1) is 11.3 Å². The Morgan fingerprint density at radius 1 is 1.38 bits per heavy atom. The first-order valence-electron chi connectivity index (χ1n) is 4.80. The van der Waals surface area contributed by atoms with E-state index < -0.39 is 0 Å². The standard InChI is InChI=1S/C13H9NOS/c1-9(15)12-3-2-10(7-14)6-13(12)11-4-5-16-8-11/h2-6,8H,1H3. The van der Waals surface area contributed by atoms with Crippen LogP contribution < -0.4 is 0 Å². The van der Waals surface area contributed by atoms with Gasteiger partial charge < -0.3 is 0 Å². The molecule has 1 aromatic carbocycles. The molecule has 0 aliphatic carbocycles. The highest BCUT2D eigenvalue weighted by molar-refractivity contribution is 7.08. The second-order valence-electron chi connectivity index (χ2n) is 3.44. The molecule has 0 atom stereocenters. The van der Waals surface area contributed by atoms with Crippen molar-refractivity contribution >= 4 is 17.1 Å². The van der Waals surface area contributed by atoms with E-state index in [0.717, 1.165) is 11.1 Å². The Bertz CT molecular complexity index is 564. The summed E-state index contributed by atoms with van der Waals surface area (Å²) < 4.78 is 0. The second kappa shape index (κ2) is 4.30. The molecule has 0 aliphatic heterocycles. The van der Waals surface area contributed by atoms with Gasteiger partial charge in [0.05, 0.1) is 11.6 Å². The lowest BCUT2D eigenvalue weighted by Gasteiger charge is -2.05. The van der Waals surface area contributed by atoms with Crippen molar-refractivity contribution in [3.8, 4) is 17.2 Å². The van der Waals surface area contributed by atoms with Crippen molar-refractivity contribution in [1.29, 1.82) is 5.26 Å². The SMILES string of the molecule is CC(=O)c1ccc(C#N)cc1-c1ccsc1. The van der Waals surface area contributed by atoms with E-state index in [1.807, 2.05) is 16.8 Å². The Hall–Kier alpha value is -1.92. The van der Waals surface area contributed by atoms with Crippen molar-refractivity contribution in [2.75, 3.05) is 0 Å². The Balaban J connectivity index is 2.65. The van der Waals surface area contributed by atoms with Crippen LogP contribution in [0.25, 0.3) is 11.1 Å². The molecule has 0 saturated heterocycles. The summed E-state index contributed by atoms with van der Waals surface area (Å²) in [4.78, 5) is 11.5. The lowest BCUT2D eigenvalue weighted by Crippen LogP contribution is -1.96. The monoisotopic (exact) mass is 227 g/mol. The maximum Gasteiger partial charge on any atom is 0.160 e. The number of ketones is 1. The number of nitriles is 1. The first-order chi connectivity index (χ1) is 7.72. The van der Waals surface area contributed by atoms with Crippen LogP contribution in [0.5, 0.6) is 0 Å². The molecule has 0 bridgehead atoms. The smallest absolute Gasteiger partial charge is 0.160 e. The number of carbonyl (C=O) groups excluding carboxylic acids is 1. The molecule has 2 nitrogen and oxygen atoms in total. The third-order valence-electron chi connectivity index (χ3n) is 2.36. The third-order valence-corrected chi connectivity index (χ3v) is 3.04. The molecule has 0 spiro atoms. The van der Waals surface area contributed by atoms with E-state index in [0.29, 0.717) is 11.1 Å². The molecule has 0 fully saturated rings. The van der Waals surface area contributed by atoms with Crippen molar-refractivity contribution in [3.05, 3.63) is 46.2 Å². The molecule has 1 aromatic heterocycles. The van der Waals surface area contributed by atoms with Gasteiger partial charge in [0.15, 0.2) is 5.78 Å². The molecule has 2 aromatic rings. The lowest BCUT2D eigenvalue weighted by atomic mass is 9.97. The molecule has 0 unspecified atom stereocenters. The van der Waals surface area contributed by atoms with Gasteiger partial charge in [-0.15, -0.1) is 0 Å².